The SMILES string of the molecule is CC(C)C(=O)Nc1ccc(C(=O)COC(=O)/C=C/c2ccc(C(F)(F)F)cc2)cc1. The molecule has 0 atom stereocenters. The van der Waals surface area contributed by atoms with Gasteiger partial charge in [-0.05, 0) is 48.0 Å². The summed E-state index contributed by atoms with van der Waals surface area (Å²) in [5.74, 6) is -1.57. The monoisotopic (exact) mass is 419 g/mol. The molecule has 5 nitrogen and oxygen atoms in total. The molecule has 1 N–H and O–H groups in total. The molecule has 0 saturated carbocycles. The smallest absolute Gasteiger partial charge is 0.416 e. The molecule has 158 valence electrons. The predicted molar refractivity (Wildman–Crippen MR) is 106 cm³/mol. The Hall–Kier alpha value is -3.42. The minimum absolute atomic E-state index is 0.150. The molecule has 0 fully saturated rings. The molecule has 0 heterocycles. The predicted octanol–water partition coefficient (Wildman–Crippen LogP) is 4.74. The van der Waals surface area contributed by atoms with Crippen molar-refractivity contribution in [2.45, 2.75) is 20.0 Å². The Bertz CT molecular complexity index is 930. The van der Waals surface area contributed by atoms with E-state index in [0.717, 1.165) is 18.2 Å². The fourth-order valence-corrected chi connectivity index (χ4v) is 2.24. The molecule has 8 heteroatoms. The molecule has 0 spiro atoms. The number of halogens is 3. The van der Waals surface area contributed by atoms with Gasteiger partial charge in [0.05, 0.1) is 5.56 Å². The number of carbonyl (C=O) groups is 3. The third kappa shape index (κ3) is 6.88. The molecule has 0 aliphatic carbocycles. The van der Waals surface area contributed by atoms with E-state index in [-0.39, 0.29) is 11.8 Å². The van der Waals surface area contributed by atoms with Gasteiger partial charge in [0.1, 0.15) is 0 Å². The van der Waals surface area contributed by atoms with Crippen LogP contribution in [0.1, 0.15) is 35.3 Å². The maximum absolute atomic E-state index is 12.5. The van der Waals surface area contributed by atoms with Crippen molar-refractivity contribution >= 4 is 29.4 Å². The number of anilines is 1. The number of ether oxygens (including phenoxy) is 1. The first-order valence-electron chi connectivity index (χ1n) is 9.02. The van der Waals surface area contributed by atoms with Crippen molar-refractivity contribution in [3.63, 3.8) is 0 Å². The summed E-state index contributed by atoms with van der Waals surface area (Å²) in [5, 5.41) is 2.69. The Morgan fingerprint density at radius 1 is 1.00 bits per heavy atom. The lowest BCUT2D eigenvalue weighted by atomic mass is 10.1. The first-order chi connectivity index (χ1) is 14.1. The van der Waals surface area contributed by atoms with Crippen molar-refractivity contribution in [1.82, 2.24) is 0 Å². The van der Waals surface area contributed by atoms with Gasteiger partial charge in [-0.1, -0.05) is 26.0 Å². The van der Waals surface area contributed by atoms with Crippen LogP contribution in [0.2, 0.25) is 0 Å². The fourth-order valence-electron chi connectivity index (χ4n) is 2.24. The third-order valence-corrected chi connectivity index (χ3v) is 3.99. The Balaban J connectivity index is 1.86. The number of hydrogen-bond donors (Lipinski definition) is 1. The van der Waals surface area contributed by atoms with E-state index < -0.39 is 30.1 Å². The Morgan fingerprint density at radius 2 is 1.60 bits per heavy atom. The van der Waals surface area contributed by atoms with Crippen LogP contribution in [-0.4, -0.2) is 24.3 Å². The summed E-state index contributed by atoms with van der Waals surface area (Å²) in [5.41, 5.74) is 0.437. The standard InChI is InChI=1S/C22H20F3NO4/c1-14(2)21(29)26-18-10-6-16(7-11-18)19(27)13-30-20(28)12-5-15-3-8-17(9-4-15)22(23,24)25/h3-12,14H,13H2,1-2H3,(H,26,29)/b12-5+. The maximum Gasteiger partial charge on any atom is 0.416 e. The van der Waals surface area contributed by atoms with Crippen LogP contribution in [0.25, 0.3) is 6.08 Å². The lowest BCUT2D eigenvalue weighted by Gasteiger charge is -2.08. The average Bonchev–Trinajstić information content (AvgIpc) is 2.70. The topological polar surface area (TPSA) is 72.5 Å². The highest BCUT2D eigenvalue weighted by molar-refractivity contribution is 5.99. The van der Waals surface area contributed by atoms with Crippen LogP contribution >= 0.6 is 0 Å². The molecule has 30 heavy (non-hydrogen) atoms. The lowest BCUT2D eigenvalue weighted by Crippen LogP contribution is -2.18. The quantitative estimate of drug-likeness (QED) is 0.400. The van der Waals surface area contributed by atoms with Crippen LogP contribution in [0.4, 0.5) is 18.9 Å². The molecule has 1 amide bonds. The summed E-state index contributed by atoms with van der Waals surface area (Å²) in [6.45, 7) is 3.02. The minimum atomic E-state index is -4.43. The van der Waals surface area contributed by atoms with Crippen LogP contribution in [0, 0.1) is 5.92 Å². The number of esters is 1. The Morgan fingerprint density at radius 3 is 2.13 bits per heavy atom. The number of Topliss-reactive ketones (excluding diaryl/α,β-unsaturated/α-hetero) is 1. The minimum Gasteiger partial charge on any atom is -0.454 e. The molecular weight excluding hydrogens is 399 g/mol. The van der Waals surface area contributed by atoms with Crippen LogP contribution in [0.5, 0.6) is 0 Å². The zero-order chi connectivity index (χ0) is 22.3. The van der Waals surface area contributed by atoms with Crippen molar-refractivity contribution < 1.29 is 32.3 Å². The van der Waals surface area contributed by atoms with E-state index in [1.165, 1.54) is 30.3 Å². The number of hydrogen-bond acceptors (Lipinski definition) is 4. The van der Waals surface area contributed by atoms with Crippen LogP contribution in [0.15, 0.2) is 54.6 Å². The molecule has 0 aliphatic heterocycles. The van der Waals surface area contributed by atoms with Gasteiger partial charge in [-0.15, -0.1) is 0 Å². The zero-order valence-electron chi connectivity index (χ0n) is 16.3. The molecule has 2 aromatic carbocycles. The molecule has 0 bridgehead atoms. The van der Waals surface area contributed by atoms with Gasteiger partial charge in [0.15, 0.2) is 12.4 Å². The van der Waals surface area contributed by atoms with Gasteiger partial charge in [-0.3, -0.25) is 9.59 Å². The van der Waals surface area contributed by atoms with Crippen molar-refractivity contribution in [3.8, 4) is 0 Å². The van der Waals surface area contributed by atoms with E-state index in [2.05, 4.69) is 5.32 Å². The summed E-state index contributed by atoms with van der Waals surface area (Å²) < 4.78 is 42.4. The molecule has 2 aromatic rings. The Labute approximate surface area is 171 Å². The number of benzene rings is 2. The molecule has 0 aromatic heterocycles. The van der Waals surface area contributed by atoms with Gasteiger partial charge in [0, 0.05) is 23.2 Å². The van der Waals surface area contributed by atoms with E-state index in [9.17, 15) is 27.6 Å². The van der Waals surface area contributed by atoms with Crippen molar-refractivity contribution in [3.05, 3.63) is 71.3 Å². The third-order valence-electron chi connectivity index (χ3n) is 3.99. The molecule has 2 rings (SSSR count). The number of carbonyl (C=O) groups excluding carboxylic acids is 3. The number of amides is 1. The number of alkyl halides is 3. The van der Waals surface area contributed by atoms with E-state index >= 15 is 0 Å². The Kier molecular flexibility index (Phi) is 7.52. The van der Waals surface area contributed by atoms with Gasteiger partial charge >= 0.3 is 12.1 Å². The van der Waals surface area contributed by atoms with Crippen molar-refractivity contribution in [2.24, 2.45) is 5.92 Å². The highest BCUT2D eigenvalue weighted by Crippen LogP contribution is 2.29. The summed E-state index contributed by atoms with van der Waals surface area (Å²) in [4.78, 5) is 35.5. The second-order valence-electron chi connectivity index (χ2n) is 6.71. The average molecular weight is 419 g/mol. The van der Waals surface area contributed by atoms with Gasteiger partial charge in [0.2, 0.25) is 5.91 Å². The van der Waals surface area contributed by atoms with E-state index in [1.54, 1.807) is 26.0 Å². The van der Waals surface area contributed by atoms with Crippen LogP contribution in [-0.2, 0) is 20.5 Å². The highest BCUT2D eigenvalue weighted by atomic mass is 19.4. The summed E-state index contributed by atoms with van der Waals surface area (Å²) in [6, 6.07) is 10.4. The van der Waals surface area contributed by atoms with Crippen molar-refractivity contribution in [1.29, 1.82) is 0 Å². The molecule has 0 aliphatic rings. The lowest BCUT2D eigenvalue weighted by molar-refractivity contribution is -0.138. The maximum atomic E-state index is 12.5. The van der Waals surface area contributed by atoms with Gasteiger partial charge in [-0.25, -0.2) is 4.79 Å². The highest BCUT2D eigenvalue weighted by Gasteiger charge is 2.29. The van der Waals surface area contributed by atoms with Gasteiger partial charge in [0.25, 0.3) is 0 Å². The molecule has 0 unspecified atom stereocenters. The largest absolute Gasteiger partial charge is 0.454 e. The number of ketones is 1. The second-order valence-corrected chi connectivity index (χ2v) is 6.71. The zero-order valence-corrected chi connectivity index (χ0v) is 16.3. The first-order valence-corrected chi connectivity index (χ1v) is 9.02. The van der Waals surface area contributed by atoms with Gasteiger partial charge in [-0.2, -0.15) is 13.2 Å². The van der Waals surface area contributed by atoms with E-state index in [1.807, 2.05) is 0 Å². The summed E-state index contributed by atoms with van der Waals surface area (Å²) >= 11 is 0. The van der Waals surface area contributed by atoms with Crippen LogP contribution in [0.3, 0.4) is 0 Å². The molecule has 0 saturated heterocycles. The molecule has 0 radical (unpaired) electrons. The summed E-state index contributed by atoms with van der Waals surface area (Å²) in [7, 11) is 0. The fraction of sp³-hybridized carbons (Fsp3) is 0.227. The number of rotatable bonds is 7. The van der Waals surface area contributed by atoms with E-state index in [0.29, 0.717) is 16.8 Å². The first kappa shape index (κ1) is 22.9. The van der Waals surface area contributed by atoms with Gasteiger partial charge < -0.3 is 10.1 Å². The van der Waals surface area contributed by atoms with Crippen LogP contribution < -0.4 is 5.32 Å². The summed E-state index contributed by atoms with van der Waals surface area (Å²) in [6.07, 6.45) is -2.11. The van der Waals surface area contributed by atoms with Crippen molar-refractivity contribution in [2.75, 3.05) is 11.9 Å². The number of nitrogens with one attached hydrogen (secondary N) is 1. The normalized spacial score (nSPS) is 11.5. The molecular formula is C22H20F3NO4. The van der Waals surface area contributed by atoms with E-state index in [4.69, 9.17) is 4.74 Å². The second kappa shape index (κ2) is 9.87.